The lowest BCUT2D eigenvalue weighted by Crippen LogP contribution is -2.23. The normalized spacial score (nSPS) is 10.3. The van der Waals surface area contributed by atoms with Gasteiger partial charge in [0, 0.05) is 37.4 Å². The fourth-order valence-electron chi connectivity index (χ4n) is 2.35. The minimum atomic E-state index is -0.189. The molecule has 5 nitrogen and oxygen atoms in total. The summed E-state index contributed by atoms with van der Waals surface area (Å²) in [7, 11) is 0. The van der Waals surface area contributed by atoms with E-state index in [2.05, 4.69) is 20.6 Å². The smallest absolute Gasteiger partial charge is 0.270 e. The van der Waals surface area contributed by atoms with Crippen molar-refractivity contribution in [1.82, 2.24) is 15.3 Å². The number of aromatic nitrogens is 2. The maximum atomic E-state index is 12.3. The molecule has 126 valence electrons. The highest BCUT2D eigenvalue weighted by molar-refractivity contribution is 5.93. The Morgan fingerprint density at radius 3 is 2.60 bits per heavy atom. The molecule has 2 heterocycles. The Bertz CT molecular complexity index is 832. The second-order valence-corrected chi connectivity index (χ2v) is 5.81. The van der Waals surface area contributed by atoms with E-state index in [0.29, 0.717) is 18.8 Å². The van der Waals surface area contributed by atoms with E-state index >= 15 is 0 Å². The van der Waals surface area contributed by atoms with Gasteiger partial charge in [-0.25, -0.2) is 0 Å². The van der Waals surface area contributed by atoms with Gasteiger partial charge in [0.1, 0.15) is 5.69 Å². The van der Waals surface area contributed by atoms with E-state index in [1.165, 1.54) is 5.56 Å². The predicted octanol–water partition coefficient (Wildman–Crippen LogP) is 3.33. The van der Waals surface area contributed by atoms with Gasteiger partial charge in [-0.1, -0.05) is 35.9 Å². The summed E-state index contributed by atoms with van der Waals surface area (Å²) in [6.07, 6.45) is 5.18. The van der Waals surface area contributed by atoms with Gasteiger partial charge in [-0.3, -0.25) is 14.8 Å². The molecule has 2 N–H and O–H groups in total. The van der Waals surface area contributed by atoms with Crippen LogP contribution in [-0.2, 0) is 13.1 Å². The van der Waals surface area contributed by atoms with Crippen LogP contribution in [0.2, 0.25) is 0 Å². The Balaban J connectivity index is 1.58. The zero-order chi connectivity index (χ0) is 17.5. The lowest BCUT2D eigenvalue weighted by Gasteiger charge is -2.09. The average Bonchev–Trinajstić information content (AvgIpc) is 2.67. The van der Waals surface area contributed by atoms with Crippen LogP contribution in [0.4, 0.5) is 5.69 Å². The van der Waals surface area contributed by atoms with Gasteiger partial charge in [-0.15, -0.1) is 0 Å². The lowest BCUT2D eigenvalue weighted by molar-refractivity contribution is 0.0946. The maximum absolute atomic E-state index is 12.3. The molecule has 0 saturated heterocycles. The Morgan fingerprint density at radius 2 is 1.84 bits per heavy atom. The first-order valence-electron chi connectivity index (χ1n) is 8.13. The summed E-state index contributed by atoms with van der Waals surface area (Å²) in [5.74, 6) is -0.189. The van der Waals surface area contributed by atoms with Gasteiger partial charge < -0.3 is 10.6 Å². The first kappa shape index (κ1) is 16.6. The van der Waals surface area contributed by atoms with Crippen molar-refractivity contribution in [2.75, 3.05) is 5.32 Å². The van der Waals surface area contributed by atoms with E-state index in [-0.39, 0.29) is 5.91 Å². The van der Waals surface area contributed by atoms with Crippen LogP contribution in [0.1, 0.15) is 27.2 Å². The van der Waals surface area contributed by atoms with Crippen LogP contribution in [0.5, 0.6) is 0 Å². The molecule has 1 aromatic carbocycles. The van der Waals surface area contributed by atoms with E-state index in [0.717, 1.165) is 16.8 Å². The number of rotatable bonds is 6. The minimum Gasteiger partial charge on any atom is -0.381 e. The standard InChI is InChI=1S/C20H20N4O/c1-15-4-6-16(7-5-15)13-24-20(25)19-11-18(8-10-22-19)23-14-17-3-2-9-21-12-17/h2-12H,13-14H2,1H3,(H,22,23)(H,24,25). The molecule has 0 spiro atoms. The van der Waals surface area contributed by atoms with E-state index in [4.69, 9.17) is 0 Å². The van der Waals surface area contributed by atoms with Gasteiger partial charge >= 0.3 is 0 Å². The van der Waals surface area contributed by atoms with Crippen molar-refractivity contribution in [2.24, 2.45) is 0 Å². The van der Waals surface area contributed by atoms with Crippen LogP contribution in [0.3, 0.4) is 0 Å². The van der Waals surface area contributed by atoms with Crippen molar-refractivity contribution in [2.45, 2.75) is 20.0 Å². The molecular formula is C20H20N4O. The van der Waals surface area contributed by atoms with Crippen LogP contribution in [-0.4, -0.2) is 15.9 Å². The molecule has 1 amide bonds. The third-order valence-electron chi connectivity index (χ3n) is 3.79. The first-order chi connectivity index (χ1) is 12.2. The molecule has 0 aliphatic rings. The second-order valence-electron chi connectivity index (χ2n) is 5.81. The molecular weight excluding hydrogens is 312 g/mol. The molecule has 5 heteroatoms. The number of carbonyl (C=O) groups excluding carboxylic acids is 1. The van der Waals surface area contributed by atoms with Crippen LogP contribution in [0, 0.1) is 6.92 Å². The number of carbonyl (C=O) groups is 1. The number of nitrogens with one attached hydrogen (secondary N) is 2. The number of amides is 1. The average molecular weight is 332 g/mol. The molecule has 0 unspecified atom stereocenters. The number of aryl methyl sites for hydroxylation is 1. The van der Waals surface area contributed by atoms with Crippen molar-refractivity contribution in [3.8, 4) is 0 Å². The van der Waals surface area contributed by atoms with Gasteiger partial charge in [0.05, 0.1) is 0 Å². The summed E-state index contributed by atoms with van der Waals surface area (Å²) in [6.45, 7) is 3.16. The van der Waals surface area contributed by atoms with Crippen LogP contribution < -0.4 is 10.6 Å². The third-order valence-corrected chi connectivity index (χ3v) is 3.79. The first-order valence-corrected chi connectivity index (χ1v) is 8.13. The number of hydrogen-bond acceptors (Lipinski definition) is 4. The fraction of sp³-hybridized carbons (Fsp3) is 0.150. The Kier molecular flexibility index (Phi) is 5.36. The Hall–Kier alpha value is -3.21. The fourth-order valence-corrected chi connectivity index (χ4v) is 2.35. The van der Waals surface area contributed by atoms with Crippen molar-refractivity contribution in [3.05, 3.63) is 89.5 Å². The molecule has 0 saturated carbocycles. The molecule has 3 aromatic rings. The number of pyridine rings is 2. The zero-order valence-electron chi connectivity index (χ0n) is 14.1. The SMILES string of the molecule is Cc1ccc(CNC(=O)c2cc(NCc3cccnc3)ccn2)cc1. The summed E-state index contributed by atoms with van der Waals surface area (Å²) in [5.41, 5.74) is 4.57. The molecule has 0 atom stereocenters. The topological polar surface area (TPSA) is 66.9 Å². The third kappa shape index (κ3) is 4.88. The number of nitrogens with zero attached hydrogens (tertiary/aromatic N) is 2. The highest BCUT2D eigenvalue weighted by Gasteiger charge is 2.08. The summed E-state index contributed by atoms with van der Waals surface area (Å²) in [6, 6.07) is 15.6. The van der Waals surface area contributed by atoms with Gasteiger partial charge in [-0.2, -0.15) is 0 Å². The van der Waals surface area contributed by atoms with Crippen molar-refractivity contribution >= 4 is 11.6 Å². The Morgan fingerprint density at radius 1 is 1.00 bits per heavy atom. The van der Waals surface area contributed by atoms with Gasteiger partial charge in [-0.05, 0) is 36.2 Å². The molecule has 0 fully saturated rings. The summed E-state index contributed by atoms with van der Waals surface area (Å²) >= 11 is 0. The largest absolute Gasteiger partial charge is 0.381 e. The molecule has 0 radical (unpaired) electrons. The second kappa shape index (κ2) is 8.06. The van der Waals surface area contributed by atoms with Gasteiger partial charge in [0.2, 0.25) is 0 Å². The summed E-state index contributed by atoms with van der Waals surface area (Å²) in [5, 5.41) is 6.17. The predicted molar refractivity (Wildman–Crippen MR) is 98.1 cm³/mol. The van der Waals surface area contributed by atoms with E-state index in [1.54, 1.807) is 18.5 Å². The Labute approximate surface area is 147 Å². The molecule has 0 aliphatic carbocycles. The van der Waals surface area contributed by atoms with E-state index < -0.39 is 0 Å². The lowest BCUT2D eigenvalue weighted by atomic mass is 10.1. The monoisotopic (exact) mass is 332 g/mol. The minimum absolute atomic E-state index is 0.189. The van der Waals surface area contributed by atoms with Crippen LogP contribution in [0.25, 0.3) is 0 Å². The van der Waals surface area contributed by atoms with Crippen molar-refractivity contribution in [3.63, 3.8) is 0 Å². The van der Waals surface area contributed by atoms with E-state index in [9.17, 15) is 4.79 Å². The zero-order valence-corrected chi connectivity index (χ0v) is 14.1. The molecule has 0 bridgehead atoms. The van der Waals surface area contributed by atoms with E-state index in [1.807, 2.05) is 55.6 Å². The number of hydrogen-bond donors (Lipinski definition) is 2. The van der Waals surface area contributed by atoms with Gasteiger partial charge in [0.25, 0.3) is 5.91 Å². The number of benzene rings is 1. The van der Waals surface area contributed by atoms with Crippen LogP contribution in [0.15, 0.2) is 67.1 Å². The molecule has 0 aliphatic heterocycles. The molecule has 3 rings (SSSR count). The highest BCUT2D eigenvalue weighted by atomic mass is 16.1. The highest BCUT2D eigenvalue weighted by Crippen LogP contribution is 2.10. The molecule has 2 aromatic heterocycles. The van der Waals surface area contributed by atoms with Crippen molar-refractivity contribution < 1.29 is 4.79 Å². The van der Waals surface area contributed by atoms with Gasteiger partial charge in [0.15, 0.2) is 0 Å². The maximum Gasteiger partial charge on any atom is 0.270 e. The summed E-state index contributed by atoms with van der Waals surface area (Å²) < 4.78 is 0. The number of anilines is 1. The quantitative estimate of drug-likeness (QED) is 0.726. The van der Waals surface area contributed by atoms with Crippen molar-refractivity contribution in [1.29, 1.82) is 0 Å². The molecule has 25 heavy (non-hydrogen) atoms. The summed E-state index contributed by atoms with van der Waals surface area (Å²) in [4.78, 5) is 20.5. The van der Waals surface area contributed by atoms with Crippen LogP contribution >= 0.6 is 0 Å².